The number of hydrogen-bond donors (Lipinski definition) is 2. The molecule has 0 amide bonds. The van der Waals surface area contributed by atoms with E-state index in [-0.39, 0.29) is 18.1 Å². The van der Waals surface area contributed by atoms with Gasteiger partial charge in [-0.25, -0.2) is 0 Å². The highest BCUT2D eigenvalue weighted by Crippen LogP contribution is 2.35. The van der Waals surface area contributed by atoms with E-state index < -0.39 is 0 Å². The Morgan fingerprint density at radius 1 is 1.05 bits per heavy atom. The van der Waals surface area contributed by atoms with Gasteiger partial charge in [0.25, 0.3) is 0 Å². The van der Waals surface area contributed by atoms with Crippen LogP contribution < -0.4 is 4.74 Å². The van der Waals surface area contributed by atoms with E-state index in [4.69, 9.17) is 9.84 Å². The van der Waals surface area contributed by atoms with Gasteiger partial charge in [0.1, 0.15) is 0 Å². The zero-order valence-corrected chi connectivity index (χ0v) is 10.4. The molecule has 0 saturated carbocycles. The normalized spacial score (nSPS) is 10.8. The van der Waals surface area contributed by atoms with Crippen LogP contribution in [0.15, 0.2) is 52.7 Å². The molecule has 0 aliphatic heterocycles. The van der Waals surface area contributed by atoms with Crippen LogP contribution in [0.1, 0.15) is 5.56 Å². The highest BCUT2D eigenvalue weighted by molar-refractivity contribution is 5.55. The van der Waals surface area contributed by atoms with Gasteiger partial charge in [-0.3, -0.25) is 0 Å². The molecule has 0 atom stereocenters. The van der Waals surface area contributed by atoms with Gasteiger partial charge in [-0.2, -0.15) is 10.2 Å². The van der Waals surface area contributed by atoms with Crippen LogP contribution in [0.25, 0.3) is 0 Å². The van der Waals surface area contributed by atoms with Crippen LogP contribution in [0.3, 0.4) is 0 Å². The summed E-state index contributed by atoms with van der Waals surface area (Å²) in [5, 5.41) is 27.0. The number of aromatic hydroxyl groups is 1. The SMILES string of the molecule is COc1cc(N=Nc2ccccc2)cc(CO)c1O. The molecule has 0 fully saturated rings. The molecular weight excluding hydrogens is 244 g/mol. The molecule has 2 rings (SSSR count). The average Bonchev–Trinajstić information content (AvgIpc) is 2.47. The summed E-state index contributed by atoms with van der Waals surface area (Å²) >= 11 is 0. The lowest BCUT2D eigenvalue weighted by molar-refractivity contribution is 0.272. The predicted octanol–water partition coefficient (Wildman–Crippen LogP) is 3.31. The molecule has 0 heterocycles. The summed E-state index contributed by atoms with van der Waals surface area (Å²) in [6.45, 7) is -0.295. The van der Waals surface area contributed by atoms with Crippen molar-refractivity contribution in [1.82, 2.24) is 0 Å². The smallest absolute Gasteiger partial charge is 0.163 e. The Labute approximate surface area is 110 Å². The number of aliphatic hydroxyl groups is 1. The fourth-order valence-electron chi connectivity index (χ4n) is 1.59. The van der Waals surface area contributed by atoms with E-state index in [0.717, 1.165) is 5.69 Å². The highest BCUT2D eigenvalue weighted by atomic mass is 16.5. The van der Waals surface area contributed by atoms with Crippen LogP contribution in [0, 0.1) is 0 Å². The van der Waals surface area contributed by atoms with Crippen LogP contribution in [-0.4, -0.2) is 17.3 Å². The summed E-state index contributed by atoms with van der Waals surface area (Å²) in [6, 6.07) is 12.4. The minimum absolute atomic E-state index is 0.0799. The van der Waals surface area contributed by atoms with Crippen molar-refractivity contribution < 1.29 is 14.9 Å². The molecule has 0 aliphatic carbocycles. The zero-order valence-electron chi connectivity index (χ0n) is 10.4. The molecule has 0 radical (unpaired) electrons. The second-order valence-corrected chi connectivity index (χ2v) is 3.85. The van der Waals surface area contributed by atoms with Crippen molar-refractivity contribution in [3.05, 3.63) is 48.0 Å². The molecule has 2 N–H and O–H groups in total. The maximum absolute atomic E-state index is 9.74. The Bertz CT molecular complexity index is 557. The lowest BCUT2D eigenvalue weighted by atomic mass is 10.1. The summed E-state index contributed by atoms with van der Waals surface area (Å²) in [4.78, 5) is 0. The van der Waals surface area contributed by atoms with Crippen LogP contribution in [0.5, 0.6) is 11.5 Å². The molecule has 2 aromatic carbocycles. The summed E-state index contributed by atoms with van der Waals surface area (Å²) in [5.41, 5.74) is 1.57. The van der Waals surface area contributed by atoms with Gasteiger partial charge in [0.05, 0.1) is 25.1 Å². The van der Waals surface area contributed by atoms with Gasteiger partial charge in [-0.1, -0.05) is 18.2 Å². The number of ether oxygens (including phenoxy) is 1. The van der Waals surface area contributed by atoms with Crippen molar-refractivity contribution in [3.8, 4) is 11.5 Å². The minimum Gasteiger partial charge on any atom is -0.504 e. The fourth-order valence-corrected chi connectivity index (χ4v) is 1.59. The number of nitrogens with zero attached hydrogens (tertiary/aromatic N) is 2. The van der Waals surface area contributed by atoms with E-state index in [1.165, 1.54) is 7.11 Å². The second-order valence-electron chi connectivity index (χ2n) is 3.85. The molecule has 0 aromatic heterocycles. The standard InChI is InChI=1S/C14H14N2O3/c1-19-13-8-12(7-10(9-17)14(13)18)16-15-11-5-3-2-4-6-11/h2-8,17-18H,9H2,1H3. The van der Waals surface area contributed by atoms with E-state index in [0.29, 0.717) is 11.3 Å². The number of benzene rings is 2. The predicted molar refractivity (Wildman–Crippen MR) is 71.2 cm³/mol. The molecule has 2 aromatic rings. The van der Waals surface area contributed by atoms with Gasteiger partial charge in [0, 0.05) is 11.6 Å². The first-order valence-corrected chi connectivity index (χ1v) is 5.72. The molecule has 0 bridgehead atoms. The Morgan fingerprint density at radius 2 is 1.74 bits per heavy atom. The van der Waals surface area contributed by atoms with Crippen LogP contribution >= 0.6 is 0 Å². The van der Waals surface area contributed by atoms with Gasteiger partial charge in [0.2, 0.25) is 0 Å². The summed E-state index contributed by atoms with van der Waals surface area (Å²) < 4.78 is 5.02. The third-order valence-electron chi connectivity index (χ3n) is 2.57. The first kappa shape index (κ1) is 13.0. The molecule has 0 aliphatic rings. The van der Waals surface area contributed by atoms with Gasteiger partial charge in [0.15, 0.2) is 11.5 Å². The Balaban J connectivity index is 2.33. The first-order valence-electron chi connectivity index (χ1n) is 5.72. The number of aliphatic hydroxyl groups excluding tert-OH is 1. The molecule has 98 valence electrons. The average molecular weight is 258 g/mol. The van der Waals surface area contributed by atoms with E-state index in [1.54, 1.807) is 12.1 Å². The zero-order chi connectivity index (χ0) is 13.7. The lowest BCUT2D eigenvalue weighted by Gasteiger charge is -2.07. The van der Waals surface area contributed by atoms with Crippen molar-refractivity contribution in [2.24, 2.45) is 10.2 Å². The maximum atomic E-state index is 9.74. The molecule has 19 heavy (non-hydrogen) atoms. The third-order valence-corrected chi connectivity index (χ3v) is 2.57. The molecule has 0 spiro atoms. The van der Waals surface area contributed by atoms with Crippen molar-refractivity contribution in [2.75, 3.05) is 7.11 Å². The molecule has 0 unspecified atom stereocenters. The quantitative estimate of drug-likeness (QED) is 0.826. The number of azo groups is 1. The summed E-state index contributed by atoms with van der Waals surface area (Å²) in [7, 11) is 1.44. The van der Waals surface area contributed by atoms with Crippen LogP contribution in [-0.2, 0) is 6.61 Å². The van der Waals surface area contributed by atoms with E-state index >= 15 is 0 Å². The second kappa shape index (κ2) is 5.97. The maximum Gasteiger partial charge on any atom is 0.163 e. The number of hydrogen-bond acceptors (Lipinski definition) is 5. The van der Waals surface area contributed by atoms with Crippen molar-refractivity contribution in [2.45, 2.75) is 6.61 Å². The van der Waals surface area contributed by atoms with Gasteiger partial charge in [-0.05, 0) is 18.2 Å². The number of rotatable bonds is 4. The molecule has 5 heteroatoms. The van der Waals surface area contributed by atoms with Crippen molar-refractivity contribution >= 4 is 11.4 Å². The largest absolute Gasteiger partial charge is 0.504 e. The Kier molecular flexibility index (Phi) is 4.10. The Morgan fingerprint density at radius 3 is 2.37 bits per heavy atom. The van der Waals surface area contributed by atoms with Crippen LogP contribution in [0.4, 0.5) is 11.4 Å². The number of methoxy groups -OCH3 is 1. The lowest BCUT2D eigenvalue weighted by Crippen LogP contribution is -1.89. The highest BCUT2D eigenvalue weighted by Gasteiger charge is 2.09. The molecular formula is C14H14N2O3. The summed E-state index contributed by atoms with van der Waals surface area (Å²) in [5.74, 6) is 0.178. The van der Waals surface area contributed by atoms with Gasteiger partial charge in [-0.15, -0.1) is 0 Å². The molecule has 5 nitrogen and oxygen atoms in total. The Hall–Kier alpha value is -2.40. The third kappa shape index (κ3) is 3.08. The van der Waals surface area contributed by atoms with Crippen LogP contribution in [0.2, 0.25) is 0 Å². The number of phenols is 1. The van der Waals surface area contributed by atoms with Crippen molar-refractivity contribution in [1.29, 1.82) is 0 Å². The van der Waals surface area contributed by atoms with E-state index in [2.05, 4.69) is 10.2 Å². The monoisotopic (exact) mass is 258 g/mol. The summed E-state index contributed by atoms with van der Waals surface area (Å²) in [6.07, 6.45) is 0. The first-order chi connectivity index (χ1) is 9.24. The minimum atomic E-state index is -0.295. The van der Waals surface area contributed by atoms with Gasteiger partial charge < -0.3 is 14.9 Å². The van der Waals surface area contributed by atoms with E-state index in [1.807, 2.05) is 30.3 Å². The van der Waals surface area contributed by atoms with Gasteiger partial charge >= 0.3 is 0 Å². The molecule has 0 saturated heterocycles. The van der Waals surface area contributed by atoms with Crippen molar-refractivity contribution in [3.63, 3.8) is 0 Å². The van der Waals surface area contributed by atoms with E-state index in [9.17, 15) is 5.11 Å². The fraction of sp³-hybridized carbons (Fsp3) is 0.143. The topological polar surface area (TPSA) is 74.4 Å².